The van der Waals surface area contributed by atoms with Gasteiger partial charge in [-0.1, -0.05) is 19.8 Å². The summed E-state index contributed by atoms with van der Waals surface area (Å²) in [5, 5.41) is 12.8. The van der Waals surface area contributed by atoms with Crippen molar-refractivity contribution in [2.24, 2.45) is 11.8 Å². The van der Waals surface area contributed by atoms with Crippen molar-refractivity contribution in [2.75, 3.05) is 19.6 Å². The molecule has 4 nitrogen and oxygen atoms in total. The predicted molar refractivity (Wildman–Crippen MR) is 85.4 cm³/mol. The number of hydrogen-bond donors (Lipinski definition) is 2. The number of nitrogens with one attached hydrogen (secondary N) is 1. The minimum absolute atomic E-state index is 0.298. The lowest BCUT2D eigenvalue weighted by Gasteiger charge is -2.41. The topological polar surface area (TPSA) is 52.6 Å². The first-order valence-electron chi connectivity index (χ1n) is 8.77. The van der Waals surface area contributed by atoms with E-state index >= 15 is 0 Å². The molecule has 3 unspecified atom stereocenters. The molecule has 0 spiro atoms. The molecule has 1 saturated heterocycles. The Hall–Kier alpha value is -0.610. The van der Waals surface area contributed by atoms with E-state index in [9.17, 15) is 4.79 Å². The van der Waals surface area contributed by atoms with Gasteiger partial charge in [-0.05, 0) is 51.0 Å². The predicted octanol–water partition coefficient (Wildman–Crippen LogP) is 2.73. The van der Waals surface area contributed by atoms with Crippen molar-refractivity contribution in [3.05, 3.63) is 0 Å². The Labute approximate surface area is 129 Å². The van der Waals surface area contributed by atoms with Gasteiger partial charge in [0, 0.05) is 31.6 Å². The molecule has 1 heterocycles. The van der Waals surface area contributed by atoms with E-state index in [4.69, 9.17) is 5.11 Å². The number of aliphatic carboxylic acids is 1. The molecule has 2 N–H and O–H groups in total. The lowest BCUT2D eigenvalue weighted by atomic mass is 9.90. The van der Waals surface area contributed by atoms with E-state index in [1.165, 1.54) is 25.7 Å². The van der Waals surface area contributed by atoms with Crippen LogP contribution in [-0.2, 0) is 4.79 Å². The van der Waals surface area contributed by atoms with Gasteiger partial charge in [-0.25, -0.2) is 0 Å². The molecule has 122 valence electrons. The van der Waals surface area contributed by atoms with E-state index in [1.807, 2.05) is 0 Å². The maximum atomic E-state index is 11.0. The van der Waals surface area contributed by atoms with Crippen LogP contribution in [0.15, 0.2) is 0 Å². The first-order chi connectivity index (χ1) is 10.1. The molecule has 1 aliphatic carbocycles. The molecule has 0 radical (unpaired) electrons. The van der Waals surface area contributed by atoms with Crippen molar-refractivity contribution in [3.63, 3.8) is 0 Å². The minimum Gasteiger partial charge on any atom is -0.481 e. The van der Waals surface area contributed by atoms with Gasteiger partial charge in [0.2, 0.25) is 0 Å². The molecule has 2 aliphatic rings. The fourth-order valence-electron chi connectivity index (χ4n) is 3.95. The molecular weight excluding hydrogens is 264 g/mol. The highest BCUT2D eigenvalue weighted by Gasteiger charge is 2.30. The fraction of sp³-hybridized carbons (Fsp3) is 0.941. The van der Waals surface area contributed by atoms with Crippen LogP contribution in [0.5, 0.6) is 0 Å². The summed E-state index contributed by atoms with van der Waals surface area (Å²) < 4.78 is 0. The maximum Gasteiger partial charge on any atom is 0.303 e. The Balaban J connectivity index is 1.86. The Morgan fingerprint density at radius 1 is 1.29 bits per heavy atom. The Kier molecular flexibility index (Phi) is 6.49. The number of piperidine rings is 1. The monoisotopic (exact) mass is 296 g/mol. The molecule has 0 aromatic heterocycles. The summed E-state index contributed by atoms with van der Waals surface area (Å²) in [6.07, 6.45) is 7.98. The number of carboxylic acid groups (broad SMARTS) is 1. The lowest BCUT2D eigenvalue weighted by Crippen LogP contribution is -2.52. The fourth-order valence-corrected chi connectivity index (χ4v) is 3.95. The van der Waals surface area contributed by atoms with Crippen molar-refractivity contribution in [2.45, 2.75) is 70.9 Å². The molecule has 0 bridgehead atoms. The summed E-state index contributed by atoms with van der Waals surface area (Å²) in [4.78, 5) is 13.5. The van der Waals surface area contributed by atoms with Crippen molar-refractivity contribution >= 4 is 5.97 Å². The minimum atomic E-state index is -0.652. The number of carbonyl (C=O) groups is 1. The first-order valence-corrected chi connectivity index (χ1v) is 8.77. The Morgan fingerprint density at radius 2 is 2.00 bits per heavy atom. The van der Waals surface area contributed by atoms with Crippen LogP contribution in [0.4, 0.5) is 0 Å². The van der Waals surface area contributed by atoms with Gasteiger partial charge in [0.15, 0.2) is 0 Å². The van der Waals surface area contributed by atoms with Crippen molar-refractivity contribution in [1.29, 1.82) is 0 Å². The van der Waals surface area contributed by atoms with E-state index in [1.54, 1.807) is 0 Å². The van der Waals surface area contributed by atoms with E-state index in [0.29, 0.717) is 24.4 Å². The van der Waals surface area contributed by atoms with Crippen LogP contribution < -0.4 is 5.32 Å². The highest BCUT2D eigenvalue weighted by Crippen LogP contribution is 2.26. The second-order valence-electron chi connectivity index (χ2n) is 7.17. The molecule has 4 heteroatoms. The van der Waals surface area contributed by atoms with Crippen LogP contribution in [0.3, 0.4) is 0 Å². The standard InChI is InChI=1S/C17H32N2O2/c1-3-13(2)19-11-15(9-17(20)21)8-16(12-19)18-10-14-6-4-5-7-14/h13-16,18H,3-12H2,1-2H3,(H,20,21). The van der Waals surface area contributed by atoms with E-state index in [2.05, 4.69) is 24.1 Å². The molecule has 2 rings (SSSR count). The second-order valence-corrected chi connectivity index (χ2v) is 7.17. The molecular formula is C17H32N2O2. The quantitative estimate of drug-likeness (QED) is 0.758. The van der Waals surface area contributed by atoms with Crippen LogP contribution in [-0.4, -0.2) is 47.7 Å². The summed E-state index contributed by atoms with van der Waals surface area (Å²) >= 11 is 0. The number of carboxylic acids is 1. The van der Waals surface area contributed by atoms with Crippen LogP contribution in [0.25, 0.3) is 0 Å². The van der Waals surface area contributed by atoms with E-state index < -0.39 is 5.97 Å². The van der Waals surface area contributed by atoms with Crippen molar-refractivity contribution < 1.29 is 9.90 Å². The van der Waals surface area contributed by atoms with Crippen LogP contribution >= 0.6 is 0 Å². The van der Waals surface area contributed by atoms with Crippen LogP contribution in [0.2, 0.25) is 0 Å². The average Bonchev–Trinajstić information content (AvgIpc) is 2.96. The lowest BCUT2D eigenvalue weighted by molar-refractivity contribution is -0.138. The summed E-state index contributed by atoms with van der Waals surface area (Å²) in [5.74, 6) is 0.494. The molecule has 3 atom stereocenters. The van der Waals surface area contributed by atoms with Gasteiger partial charge < -0.3 is 10.4 Å². The largest absolute Gasteiger partial charge is 0.481 e. The third kappa shape index (κ3) is 5.26. The number of hydrogen-bond acceptors (Lipinski definition) is 3. The van der Waals surface area contributed by atoms with E-state index in [-0.39, 0.29) is 0 Å². The van der Waals surface area contributed by atoms with E-state index in [0.717, 1.165) is 38.4 Å². The Bertz CT molecular complexity index is 329. The van der Waals surface area contributed by atoms with Crippen molar-refractivity contribution in [1.82, 2.24) is 10.2 Å². The zero-order chi connectivity index (χ0) is 15.2. The van der Waals surface area contributed by atoms with Crippen LogP contribution in [0, 0.1) is 11.8 Å². The highest BCUT2D eigenvalue weighted by molar-refractivity contribution is 5.67. The van der Waals surface area contributed by atoms with Gasteiger partial charge in [0.1, 0.15) is 0 Å². The summed E-state index contributed by atoms with van der Waals surface area (Å²) in [7, 11) is 0. The second kappa shape index (κ2) is 8.14. The smallest absolute Gasteiger partial charge is 0.303 e. The van der Waals surface area contributed by atoms with Gasteiger partial charge in [-0.15, -0.1) is 0 Å². The van der Waals surface area contributed by atoms with Gasteiger partial charge in [0.25, 0.3) is 0 Å². The van der Waals surface area contributed by atoms with Gasteiger partial charge in [-0.3, -0.25) is 9.69 Å². The maximum absolute atomic E-state index is 11.0. The summed E-state index contributed by atoms with van der Waals surface area (Å²) in [6, 6.07) is 1.02. The highest BCUT2D eigenvalue weighted by atomic mass is 16.4. The molecule has 1 saturated carbocycles. The average molecular weight is 296 g/mol. The molecule has 2 fully saturated rings. The molecule has 1 aliphatic heterocycles. The Morgan fingerprint density at radius 3 is 2.62 bits per heavy atom. The normalized spacial score (nSPS) is 29.6. The van der Waals surface area contributed by atoms with Crippen LogP contribution in [0.1, 0.15) is 58.8 Å². The molecule has 0 aromatic carbocycles. The summed E-state index contributed by atoms with van der Waals surface area (Å²) in [5.41, 5.74) is 0. The SMILES string of the molecule is CCC(C)N1CC(CC(=O)O)CC(NCC2CCCC2)C1. The van der Waals surface area contributed by atoms with Crippen molar-refractivity contribution in [3.8, 4) is 0 Å². The zero-order valence-corrected chi connectivity index (χ0v) is 13.7. The zero-order valence-electron chi connectivity index (χ0n) is 13.7. The van der Waals surface area contributed by atoms with Gasteiger partial charge >= 0.3 is 5.97 Å². The third-order valence-electron chi connectivity index (χ3n) is 5.41. The third-order valence-corrected chi connectivity index (χ3v) is 5.41. The molecule has 0 amide bonds. The molecule has 0 aromatic rings. The molecule has 21 heavy (non-hydrogen) atoms. The van der Waals surface area contributed by atoms with Gasteiger partial charge in [0.05, 0.1) is 0 Å². The number of rotatable bonds is 7. The first kappa shape index (κ1) is 16.8. The summed E-state index contributed by atoms with van der Waals surface area (Å²) in [6.45, 7) is 7.63. The number of nitrogens with zero attached hydrogens (tertiary/aromatic N) is 1. The number of likely N-dealkylation sites (tertiary alicyclic amines) is 1. The van der Waals surface area contributed by atoms with Gasteiger partial charge in [-0.2, -0.15) is 0 Å².